The molecule has 0 saturated heterocycles. The molecule has 1 aliphatic rings. The minimum Gasteiger partial charge on any atom is -0.213 e. The number of aromatic nitrogens is 2. The maximum Gasteiger partial charge on any atom is 0.170 e. The van der Waals surface area contributed by atoms with Crippen molar-refractivity contribution in [2.75, 3.05) is 11.6 Å². The van der Waals surface area contributed by atoms with Crippen molar-refractivity contribution in [2.45, 2.75) is 30.0 Å². The Labute approximate surface area is 97.6 Å². The number of nitrogens with zero attached hydrogens (tertiary/aromatic N) is 2. The first-order chi connectivity index (χ1) is 6.79. The summed E-state index contributed by atoms with van der Waals surface area (Å²) in [6.07, 6.45) is 2.55. The summed E-state index contributed by atoms with van der Waals surface area (Å²) < 4.78 is 5.46. The lowest BCUT2D eigenvalue weighted by Gasteiger charge is -2.02. The van der Waals surface area contributed by atoms with Gasteiger partial charge < -0.3 is 0 Å². The van der Waals surface area contributed by atoms with Crippen molar-refractivity contribution in [2.24, 2.45) is 5.92 Å². The molecule has 1 aliphatic carbocycles. The molecular weight excluding hydrogens is 236 g/mol. The van der Waals surface area contributed by atoms with Gasteiger partial charge in [-0.25, -0.2) is 4.98 Å². The summed E-state index contributed by atoms with van der Waals surface area (Å²) >= 11 is 9.05. The molecule has 0 radical (unpaired) electrons. The lowest BCUT2D eigenvalue weighted by molar-refractivity contribution is 0.758. The zero-order valence-electron chi connectivity index (χ0n) is 8.07. The minimum atomic E-state index is 0.551. The fourth-order valence-corrected chi connectivity index (χ4v) is 3.01. The molecule has 1 saturated carbocycles. The predicted molar refractivity (Wildman–Crippen MR) is 62.5 cm³/mol. The second kappa shape index (κ2) is 4.81. The van der Waals surface area contributed by atoms with Gasteiger partial charge in [-0.1, -0.05) is 18.7 Å². The highest BCUT2D eigenvalue weighted by atomic mass is 35.5. The van der Waals surface area contributed by atoms with Crippen molar-refractivity contribution in [3.8, 4) is 0 Å². The monoisotopic (exact) mass is 248 g/mol. The van der Waals surface area contributed by atoms with E-state index in [2.05, 4.69) is 16.3 Å². The van der Waals surface area contributed by atoms with Gasteiger partial charge in [0.2, 0.25) is 0 Å². The molecule has 78 valence electrons. The molecule has 0 bridgehead atoms. The highest BCUT2D eigenvalue weighted by Crippen LogP contribution is 2.39. The average Bonchev–Trinajstić information content (AvgIpc) is 2.95. The summed E-state index contributed by atoms with van der Waals surface area (Å²) in [5.41, 5.74) is 0. The SMILES string of the molecule is CC(CCl)CSc1nc(C2CC2)ns1. The highest BCUT2D eigenvalue weighted by Gasteiger charge is 2.27. The molecule has 0 spiro atoms. The summed E-state index contributed by atoms with van der Waals surface area (Å²) in [6, 6.07) is 0. The van der Waals surface area contributed by atoms with E-state index in [0.29, 0.717) is 11.8 Å². The fraction of sp³-hybridized carbons (Fsp3) is 0.778. The van der Waals surface area contributed by atoms with Gasteiger partial charge in [0.15, 0.2) is 4.34 Å². The molecule has 0 amide bonds. The van der Waals surface area contributed by atoms with Crippen molar-refractivity contribution in [3.63, 3.8) is 0 Å². The first kappa shape index (κ1) is 10.7. The summed E-state index contributed by atoms with van der Waals surface area (Å²) in [5.74, 6) is 4.06. The van der Waals surface area contributed by atoms with E-state index in [1.165, 1.54) is 24.4 Å². The summed E-state index contributed by atoms with van der Waals surface area (Å²) in [7, 11) is 0. The second-order valence-corrected chi connectivity index (χ2v) is 6.09. The van der Waals surface area contributed by atoms with Crippen LogP contribution in [0.4, 0.5) is 0 Å². The van der Waals surface area contributed by atoms with Gasteiger partial charge in [-0.2, -0.15) is 4.37 Å². The smallest absolute Gasteiger partial charge is 0.170 e. The van der Waals surface area contributed by atoms with Crippen LogP contribution in [0.3, 0.4) is 0 Å². The average molecular weight is 249 g/mol. The topological polar surface area (TPSA) is 25.8 Å². The van der Waals surface area contributed by atoms with Gasteiger partial charge in [-0.05, 0) is 30.3 Å². The molecule has 14 heavy (non-hydrogen) atoms. The van der Waals surface area contributed by atoms with Gasteiger partial charge in [0, 0.05) is 17.6 Å². The van der Waals surface area contributed by atoms with E-state index in [1.807, 2.05) is 0 Å². The van der Waals surface area contributed by atoms with Crippen molar-refractivity contribution in [1.82, 2.24) is 9.36 Å². The molecule has 1 heterocycles. The van der Waals surface area contributed by atoms with Crippen LogP contribution in [0.25, 0.3) is 0 Å². The third-order valence-corrected chi connectivity index (χ3v) is 4.82. The Morgan fingerprint density at radius 1 is 1.64 bits per heavy atom. The Bertz CT molecular complexity index is 299. The molecule has 0 aromatic carbocycles. The van der Waals surface area contributed by atoms with Gasteiger partial charge in [0.25, 0.3) is 0 Å². The van der Waals surface area contributed by atoms with Crippen LogP contribution in [-0.2, 0) is 0 Å². The van der Waals surface area contributed by atoms with Crippen LogP contribution in [-0.4, -0.2) is 21.0 Å². The van der Waals surface area contributed by atoms with Crippen molar-refractivity contribution < 1.29 is 0 Å². The standard InChI is InChI=1S/C9H13ClN2S2/c1-6(4-10)5-13-9-11-8(12-14-9)7-2-3-7/h6-7H,2-5H2,1H3. The molecule has 1 unspecified atom stereocenters. The third-order valence-electron chi connectivity index (χ3n) is 2.12. The third kappa shape index (κ3) is 2.84. The second-order valence-electron chi connectivity index (χ2n) is 3.76. The lowest BCUT2D eigenvalue weighted by atomic mass is 10.3. The summed E-state index contributed by atoms with van der Waals surface area (Å²) in [5, 5.41) is 0. The Balaban J connectivity index is 1.83. The Kier molecular flexibility index (Phi) is 3.68. The molecule has 0 N–H and O–H groups in total. The molecule has 1 atom stereocenters. The van der Waals surface area contributed by atoms with Gasteiger partial charge in [-0.15, -0.1) is 11.6 Å². The molecule has 1 aromatic heterocycles. The van der Waals surface area contributed by atoms with E-state index >= 15 is 0 Å². The molecule has 1 aromatic rings. The van der Waals surface area contributed by atoms with Crippen LogP contribution in [0.1, 0.15) is 31.5 Å². The van der Waals surface area contributed by atoms with Gasteiger partial charge in [0.05, 0.1) is 0 Å². The predicted octanol–water partition coefficient (Wildman–Crippen LogP) is 3.38. The van der Waals surface area contributed by atoms with E-state index in [4.69, 9.17) is 11.6 Å². The van der Waals surface area contributed by atoms with E-state index < -0.39 is 0 Å². The zero-order chi connectivity index (χ0) is 9.97. The fourth-order valence-electron chi connectivity index (χ4n) is 1.04. The Morgan fingerprint density at radius 2 is 2.43 bits per heavy atom. The molecule has 2 nitrogen and oxygen atoms in total. The van der Waals surface area contributed by atoms with Crippen LogP contribution in [0.2, 0.25) is 0 Å². The number of alkyl halides is 1. The molecule has 5 heteroatoms. The van der Waals surface area contributed by atoms with Gasteiger partial charge in [-0.3, -0.25) is 0 Å². The first-order valence-corrected chi connectivity index (χ1v) is 7.11. The zero-order valence-corrected chi connectivity index (χ0v) is 10.5. The summed E-state index contributed by atoms with van der Waals surface area (Å²) in [6.45, 7) is 2.16. The normalized spacial score (nSPS) is 18.4. The van der Waals surface area contributed by atoms with Crippen molar-refractivity contribution in [1.29, 1.82) is 0 Å². The van der Waals surface area contributed by atoms with Crippen molar-refractivity contribution >= 4 is 34.9 Å². The lowest BCUT2D eigenvalue weighted by Crippen LogP contribution is -1.98. The minimum absolute atomic E-state index is 0.551. The van der Waals surface area contributed by atoms with Gasteiger partial charge >= 0.3 is 0 Å². The number of thioether (sulfide) groups is 1. The number of rotatable bonds is 5. The summed E-state index contributed by atoms with van der Waals surface area (Å²) in [4.78, 5) is 4.51. The van der Waals surface area contributed by atoms with E-state index in [0.717, 1.165) is 21.8 Å². The quantitative estimate of drug-likeness (QED) is 0.590. The maximum absolute atomic E-state index is 5.74. The van der Waals surface area contributed by atoms with Crippen molar-refractivity contribution in [3.05, 3.63) is 5.82 Å². The van der Waals surface area contributed by atoms with E-state index in [1.54, 1.807) is 11.8 Å². The van der Waals surface area contributed by atoms with E-state index in [-0.39, 0.29) is 0 Å². The molecule has 1 fully saturated rings. The molecule has 2 rings (SSSR count). The van der Waals surface area contributed by atoms with Crippen LogP contribution >= 0.6 is 34.9 Å². The highest BCUT2D eigenvalue weighted by molar-refractivity contribution is 8.00. The first-order valence-electron chi connectivity index (χ1n) is 4.82. The molecular formula is C9H13ClN2S2. The molecule has 0 aliphatic heterocycles. The van der Waals surface area contributed by atoms with Crippen LogP contribution in [0.15, 0.2) is 4.34 Å². The van der Waals surface area contributed by atoms with Gasteiger partial charge in [0.1, 0.15) is 5.82 Å². The van der Waals surface area contributed by atoms with Crippen LogP contribution in [0, 0.1) is 5.92 Å². The van der Waals surface area contributed by atoms with E-state index in [9.17, 15) is 0 Å². The maximum atomic E-state index is 5.74. The number of halogens is 1. The Hall–Kier alpha value is 0.200. The number of hydrogen-bond acceptors (Lipinski definition) is 4. The van der Waals surface area contributed by atoms with Crippen LogP contribution < -0.4 is 0 Å². The Morgan fingerprint density at radius 3 is 3.07 bits per heavy atom. The largest absolute Gasteiger partial charge is 0.213 e. The number of hydrogen-bond donors (Lipinski definition) is 0. The van der Waals surface area contributed by atoms with Crippen LogP contribution in [0.5, 0.6) is 0 Å².